The predicted octanol–water partition coefficient (Wildman–Crippen LogP) is 1.95. The standard InChI is InChI=1S/C13H25NO2/c1-9(2)10(12(3,4)5)11(15)14-8-13(16)6-7-13/h9-10,16H,6-8H2,1-5H3,(H,14,15). The van der Waals surface area contributed by atoms with Crippen LogP contribution in [0.3, 0.4) is 0 Å². The molecule has 0 saturated heterocycles. The van der Waals surface area contributed by atoms with Crippen LogP contribution in [0.5, 0.6) is 0 Å². The van der Waals surface area contributed by atoms with Crippen LogP contribution in [-0.4, -0.2) is 23.2 Å². The van der Waals surface area contributed by atoms with Crippen LogP contribution in [0.4, 0.5) is 0 Å². The summed E-state index contributed by atoms with van der Waals surface area (Å²) in [5.74, 6) is 0.381. The second-order valence-corrected chi connectivity index (χ2v) is 6.53. The lowest BCUT2D eigenvalue weighted by Gasteiger charge is -2.33. The van der Waals surface area contributed by atoms with E-state index in [2.05, 4.69) is 39.9 Å². The summed E-state index contributed by atoms with van der Waals surface area (Å²) >= 11 is 0. The first-order chi connectivity index (χ1) is 7.16. The average molecular weight is 227 g/mol. The summed E-state index contributed by atoms with van der Waals surface area (Å²) < 4.78 is 0. The van der Waals surface area contributed by atoms with E-state index in [1.807, 2.05) is 0 Å². The summed E-state index contributed by atoms with van der Waals surface area (Å²) in [4.78, 5) is 12.1. The van der Waals surface area contributed by atoms with Crippen LogP contribution >= 0.6 is 0 Å². The third-order valence-corrected chi connectivity index (χ3v) is 3.30. The molecule has 3 nitrogen and oxygen atoms in total. The van der Waals surface area contributed by atoms with Crippen molar-refractivity contribution in [2.75, 3.05) is 6.54 Å². The van der Waals surface area contributed by atoms with E-state index >= 15 is 0 Å². The molecule has 0 spiro atoms. The SMILES string of the molecule is CC(C)C(C(=O)NCC1(O)CC1)C(C)(C)C. The summed E-state index contributed by atoms with van der Waals surface area (Å²) in [6.45, 7) is 10.8. The maximum absolute atomic E-state index is 12.1. The highest BCUT2D eigenvalue weighted by molar-refractivity contribution is 5.79. The van der Waals surface area contributed by atoms with E-state index in [4.69, 9.17) is 0 Å². The monoisotopic (exact) mass is 227 g/mol. The molecule has 3 heteroatoms. The summed E-state index contributed by atoms with van der Waals surface area (Å²) in [6, 6.07) is 0. The molecule has 0 radical (unpaired) electrons. The van der Waals surface area contributed by atoms with E-state index in [0.717, 1.165) is 12.8 Å². The maximum Gasteiger partial charge on any atom is 0.223 e. The molecule has 0 aliphatic heterocycles. The summed E-state index contributed by atoms with van der Waals surface area (Å²) in [5.41, 5.74) is -0.639. The quantitative estimate of drug-likeness (QED) is 0.771. The summed E-state index contributed by atoms with van der Waals surface area (Å²) in [5, 5.41) is 12.6. The number of hydrogen-bond acceptors (Lipinski definition) is 2. The Labute approximate surface area is 98.6 Å². The van der Waals surface area contributed by atoms with Gasteiger partial charge in [0, 0.05) is 12.5 Å². The lowest BCUT2D eigenvalue weighted by Crippen LogP contribution is -2.43. The molecule has 2 N–H and O–H groups in total. The molecule has 1 atom stereocenters. The fourth-order valence-electron chi connectivity index (χ4n) is 2.38. The van der Waals surface area contributed by atoms with Crippen molar-refractivity contribution < 1.29 is 9.90 Å². The van der Waals surface area contributed by atoms with Crippen molar-refractivity contribution in [1.82, 2.24) is 5.32 Å². The number of aliphatic hydroxyl groups is 1. The summed E-state index contributed by atoms with van der Waals surface area (Å²) in [7, 11) is 0. The fraction of sp³-hybridized carbons (Fsp3) is 0.923. The number of hydrogen-bond donors (Lipinski definition) is 2. The van der Waals surface area contributed by atoms with E-state index in [9.17, 15) is 9.90 Å². The van der Waals surface area contributed by atoms with E-state index in [1.54, 1.807) is 0 Å². The van der Waals surface area contributed by atoms with Crippen LogP contribution in [0.1, 0.15) is 47.5 Å². The third-order valence-electron chi connectivity index (χ3n) is 3.30. The summed E-state index contributed by atoms with van der Waals surface area (Å²) in [6.07, 6.45) is 1.63. The van der Waals surface area contributed by atoms with Gasteiger partial charge >= 0.3 is 0 Å². The Kier molecular flexibility index (Phi) is 3.68. The highest BCUT2D eigenvalue weighted by atomic mass is 16.3. The van der Waals surface area contributed by atoms with E-state index in [1.165, 1.54) is 0 Å². The molecule has 1 amide bonds. The van der Waals surface area contributed by atoms with Crippen LogP contribution in [-0.2, 0) is 4.79 Å². The lowest BCUT2D eigenvalue weighted by molar-refractivity contribution is -0.130. The van der Waals surface area contributed by atoms with Crippen LogP contribution in [0.15, 0.2) is 0 Å². The molecule has 1 fully saturated rings. The first-order valence-corrected chi connectivity index (χ1v) is 6.16. The van der Waals surface area contributed by atoms with Gasteiger partial charge in [-0.05, 0) is 24.2 Å². The predicted molar refractivity (Wildman–Crippen MR) is 65.0 cm³/mol. The first kappa shape index (κ1) is 13.5. The van der Waals surface area contributed by atoms with Gasteiger partial charge in [0.15, 0.2) is 0 Å². The number of nitrogens with one attached hydrogen (secondary N) is 1. The Morgan fingerprint density at radius 3 is 2.19 bits per heavy atom. The Hall–Kier alpha value is -0.570. The van der Waals surface area contributed by atoms with E-state index in [0.29, 0.717) is 12.5 Å². The van der Waals surface area contributed by atoms with Crippen molar-refractivity contribution in [1.29, 1.82) is 0 Å². The number of amides is 1. The molecule has 1 aliphatic rings. The molecule has 0 aromatic heterocycles. The van der Waals surface area contributed by atoms with Gasteiger partial charge < -0.3 is 10.4 Å². The van der Waals surface area contributed by atoms with E-state index < -0.39 is 5.60 Å². The van der Waals surface area contributed by atoms with Gasteiger partial charge in [0.1, 0.15) is 0 Å². The largest absolute Gasteiger partial charge is 0.388 e. The van der Waals surface area contributed by atoms with Crippen molar-refractivity contribution >= 4 is 5.91 Å². The van der Waals surface area contributed by atoms with Gasteiger partial charge in [0.25, 0.3) is 0 Å². The molecule has 0 heterocycles. The number of carbonyl (C=O) groups excluding carboxylic acids is 1. The van der Waals surface area contributed by atoms with Gasteiger partial charge in [-0.25, -0.2) is 0 Å². The zero-order valence-corrected chi connectivity index (χ0v) is 11.1. The van der Waals surface area contributed by atoms with Gasteiger partial charge in [-0.15, -0.1) is 0 Å². The van der Waals surface area contributed by atoms with Gasteiger partial charge in [0.05, 0.1) is 5.60 Å². The zero-order chi connectivity index (χ0) is 12.6. The minimum atomic E-state index is -0.602. The van der Waals surface area contributed by atoms with Crippen molar-refractivity contribution in [2.45, 2.75) is 53.1 Å². The highest BCUT2D eigenvalue weighted by Crippen LogP contribution is 2.35. The van der Waals surface area contributed by atoms with Crippen LogP contribution in [0, 0.1) is 17.3 Å². The average Bonchev–Trinajstić information content (AvgIpc) is 2.78. The number of carbonyl (C=O) groups is 1. The molecular formula is C13H25NO2. The van der Waals surface area contributed by atoms with Gasteiger partial charge in [0.2, 0.25) is 5.91 Å². The topological polar surface area (TPSA) is 49.3 Å². The Morgan fingerprint density at radius 2 is 1.88 bits per heavy atom. The van der Waals surface area contributed by atoms with Crippen LogP contribution in [0.25, 0.3) is 0 Å². The molecule has 16 heavy (non-hydrogen) atoms. The van der Waals surface area contributed by atoms with Gasteiger partial charge in [-0.1, -0.05) is 34.6 Å². The molecular weight excluding hydrogens is 202 g/mol. The molecule has 1 unspecified atom stereocenters. The molecule has 0 aromatic carbocycles. The maximum atomic E-state index is 12.1. The van der Waals surface area contributed by atoms with Gasteiger partial charge in [-0.3, -0.25) is 4.79 Å². The normalized spacial score (nSPS) is 20.7. The minimum Gasteiger partial charge on any atom is -0.388 e. The highest BCUT2D eigenvalue weighted by Gasteiger charge is 2.42. The van der Waals surface area contributed by atoms with Crippen LogP contribution < -0.4 is 5.32 Å². The molecule has 94 valence electrons. The van der Waals surface area contributed by atoms with Crippen molar-refractivity contribution in [3.8, 4) is 0 Å². The molecule has 1 rings (SSSR count). The molecule has 1 saturated carbocycles. The second-order valence-electron chi connectivity index (χ2n) is 6.53. The zero-order valence-electron chi connectivity index (χ0n) is 11.1. The Bertz CT molecular complexity index is 262. The molecule has 0 bridgehead atoms. The van der Waals surface area contributed by atoms with Gasteiger partial charge in [-0.2, -0.15) is 0 Å². The van der Waals surface area contributed by atoms with Crippen molar-refractivity contribution in [2.24, 2.45) is 17.3 Å². The van der Waals surface area contributed by atoms with Crippen LogP contribution in [0.2, 0.25) is 0 Å². The Balaban J connectivity index is 2.54. The third kappa shape index (κ3) is 3.48. The fourth-order valence-corrected chi connectivity index (χ4v) is 2.38. The minimum absolute atomic E-state index is 0.00477. The molecule has 1 aliphatic carbocycles. The van der Waals surface area contributed by atoms with Crippen molar-refractivity contribution in [3.05, 3.63) is 0 Å². The smallest absolute Gasteiger partial charge is 0.223 e. The number of rotatable bonds is 4. The molecule has 0 aromatic rings. The Morgan fingerprint density at radius 1 is 1.38 bits per heavy atom. The second kappa shape index (κ2) is 4.36. The van der Waals surface area contributed by atoms with E-state index in [-0.39, 0.29) is 17.2 Å². The first-order valence-electron chi connectivity index (χ1n) is 6.16. The lowest BCUT2D eigenvalue weighted by atomic mass is 9.74. The van der Waals surface area contributed by atoms with Crippen molar-refractivity contribution in [3.63, 3.8) is 0 Å².